The highest BCUT2D eigenvalue weighted by Crippen LogP contribution is 2.22. The molecular weight excluding hydrogens is 334 g/mol. The van der Waals surface area contributed by atoms with Gasteiger partial charge in [-0.2, -0.15) is 0 Å². The first-order chi connectivity index (χ1) is 11.0. The van der Waals surface area contributed by atoms with Crippen molar-refractivity contribution >= 4 is 37.4 Å². The summed E-state index contributed by atoms with van der Waals surface area (Å²) in [6.45, 7) is 1.14. The molecule has 8 heteroatoms. The third kappa shape index (κ3) is 4.20. The van der Waals surface area contributed by atoms with E-state index in [1.54, 1.807) is 16.2 Å². The van der Waals surface area contributed by atoms with E-state index in [1.165, 1.54) is 4.70 Å². The van der Waals surface area contributed by atoms with Crippen molar-refractivity contribution in [3.8, 4) is 0 Å². The van der Waals surface area contributed by atoms with E-state index in [9.17, 15) is 13.2 Å². The third-order valence-electron chi connectivity index (χ3n) is 3.81. The van der Waals surface area contributed by atoms with Crippen molar-refractivity contribution in [3.63, 3.8) is 0 Å². The average Bonchev–Trinajstić information content (AvgIpc) is 2.94. The first-order valence-corrected chi connectivity index (χ1v) is 10.2. The number of aromatic nitrogens is 1. The Morgan fingerprint density at radius 1 is 1.26 bits per heavy atom. The van der Waals surface area contributed by atoms with Gasteiger partial charge in [0.25, 0.3) is 0 Å². The summed E-state index contributed by atoms with van der Waals surface area (Å²) < 4.78 is 23.9. The predicted octanol–water partition coefficient (Wildman–Crippen LogP) is 1.67. The Kier molecular flexibility index (Phi) is 4.82. The second kappa shape index (κ2) is 6.84. The third-order valence-corrected chi connectivity index (χ3v) is 6.52. The quantitative estimate of drug-likeness (QED) is 0.848. The Hall–Kier alpha value is -1.67. The minimum Gasteiger partial charge on any atom is -0.338 e. The van der Waals surface area contributed by atoms with Gasteiger partial charge in [-0.05, 0) is 18.6 Å². The number of fused-ring (bicyclic) bond motifs is 1. The summed E-state index contributed by atoms with van der Waals surface area (Å²) in [6.07, 6.45) is 1.64. The number of amides is 2. The zero-order chi connectivity index (χ0) is 16.3. The number of carbonyl (C=O) groups excluding carboxylic acids is 1. The Bertz CT molecular complexity index is 754. The van der Waals surface area contributed by atoms with Gasteiger partial charge in [-0.3, -0.25) is 0 Å². The minimum absolute atomic E-state index is 0.0616. The molecule has 0 bridgehead atoms. The van der Waals surface area contributed by atoms with Gasteiger partial charge in [0, 0.05) is 26.1 Å². The first kappa shape index (κ1) is 16.2. The van der Waals surface area contributed by atoms with Crippen LogP contribution < -0.4 is 5.32 Å². The molecule has 1 saturated heterocycles. The van der Waals surface area contributed by atoms with Crippen LogP contribution >= 0.6 is 11.3 Å². The highest BCUT2D eigenvalue weighted by molar-refractivity contribution is 7.91. The molecule has 1 fully saturated rings. The molecular formula is C15H19N3O3S2. The van der Waals surface area contributed by atoms with E-state index in [0.717, 1.165) is 23.4 Å². The number of thiazole rings is 1. The van der Waals surface area contributed by atoms with Gasteiger partial charge in [-0.25, -0.2) is 18.2 Å². The van der Waals surface area contributed by atoms with Gasteiger partial charge in [-0.15, -0.1) is 11.3 Å². The van der Waals surface area contributed by atoms with Crippen LogP contribution in [0.3, 0.4) is 0 Å². The maximum Gasteiger partial charge on any atom is 0.317 e. The molecule has 0 spiro atoms. The minimum atomic E-state index is -2.95. The van der Waals surface area contributed by atoms with Crippen LogP contribution in [0.25, 0.3) is 10.2 Å². The molecule has 2 heterocycles. The molecule has 6 nitrogen and oxygen atoms in total. The van der Waals surface area contributed by atoms with Gasteiger partial charge in [0.05, 0.1) is 26.7 Å². The standard InChI is InChI=1S/C15H19N3O3S2/c19-15(18-8-10-23(20,21)11-9-18)16-7-3-6-14-17-12-4-1-2-5-13(12)22-14/h1-2,4-5H,3,6-11H2,(H,16,19). The van der Waals surface area contributed by atoms with E-state index in [4.69, 9.17) is 0 Å². The van der Waals surface area contributed by atoms with E-state index >= 15 is 0 Å². The number of hydrogen-bond donors (Lipinski definition) is 1. The Labute approximate surface area is 139 Å². The number of carbonyl (C=O) groups is 1. The fourth-order valence-electron chi connectivity index (χ4n) is 2.49. The number of hydrogen-bond acceptors (Lipinski definition) is 5. The first-order valence-electron chi connectivity index (χ1n) is 7.61. The maximum absolute atomic E-state index is 12.0. The normalized spacial score (nSPS) is 17.3. The fourth-order valence-corrected chi connectivity index (χ4v) is 4.70. The van der Waals surface area contributed by atoms with Crippen LogP contribution in [0.5, 0.6) is 0 Å². The van der Waals surface area contributed by atoms with Crippen LogP contribution in [0.1, 0.15) is 11.4 Å². The number of benzene rings is 1. The number of para-hydroxylation sites is 1. The molecule has 1 aromatic carbocycles. The highest BCUT2D eigenvalue weighted by Gasteiger charge is 2.24. The number of rotatable bonds is 4. The molecule has 1 aliphatic rings. The monoisotopic (exact) mass is 353 g/mol. The summed E-state index contributed by atoms with van der Waals surface area (Å²) in [7, 11) is -2.95. The molecule has 0 unspecified atom stereocenters. The summed E-state index contributed by atoms with van der Waals surface area (Å²) in [6, 6.07) is 7.86. The zero-order valence-corrected chi connectivity index (χ0v) is 14.3. The van der Waals surface area contributed by atoms with Crippen molar-refractivity contribution < 1.29 is 13.2 Å². The Morgan fingerprint density at radius 3 is 2.74 bits per heavy atom. The molecule has 3 rings (SSSR count). The predicted molar refractivity (Wildman–Crippen MR) is 91.6 cm³/mol. The number of aryl methyl sites for hydroxylation is 1. The zero-order valence-electron chi connectivity index (χ0n) is 12.7. The summed E-state index contributed by atoms with van der Waals surface area (Å²) in [5.74, 6) is 0.123. The SMILES string of the molecule is O=C(NCCCc1nc2ccccc2s1)N1CCS(=O)(=O)CC1. The van der Waals surface area contributed by atoms with Crippen LogP contribution in [0.2, 0.25) is 0 Å². The van der Waals surface area contributed by atoms with Crippen molar-refractivity contribution in [2.45, 2.75) is 12.8 Å². The Balaban J connectivity index is 1.42. The van der Waals surface area contributed by atoms with Gasteiger partial charge >= 0.3 is 6.03 Å². The molecule has 124 valence electrons. The molecule has 0 saturated carbocycles. The van der Waals surface area contributed by atoms with Gasteiger partial charge < -0.3 is 10.2 Å². The van der Waals surface area contributed by atoms with E-state index < -0.39 is 9.84 Å². The molecule has 1 N–H and O–H groups in total. The largest absolute Gasteiger partial charge is 0.338 e. The smallest absolute Gasteiger partial charge is 0.317 e. The lowest BCUT2D eigenvalue weighted by Gasteiger charge is -2.26. The number of nitrogens with zero attached hydrogens (tertiary/aromatic N) is 2. The highest BCUT2D eigenvalue weighted by atomic mass is 32.2. The van der Waals surface area contributed by atoms with Crippen LogP contribution in [0.4, 0.5) is 4.79 Å². The van der Waals surface area contributed by atoms with E-state index in [1.807, 2.05) is 18.2 Å². The lowest BCUT2D eigenvalue weighted by molar-refractivity contribution is 0.202. The second-order valence-corrected chi connectivity index (χ2v) is 8.97. The van der Waals surface area contributed by atoms with Crippen molar-refractivity contribution in [3.05, 3.63) is 29.3 Å². The summed E-state index contributed by atoms with van der Waals surface area (Å²) in [4.78, 5) is 18.1. The van der Waals surface area contributed by atoms with Crippen LogP contribution in [0, 0.1) is 0 Å². The van der Waals surface area contributed by atoms with Crippen LogP contribution in [-0.4, -0.2) is 55.5 Å². The van der Waals surface area contributed by atoms with Crippen molar-refractivity contribution in [1.82, 2.24) is 15.2 Å². The average molecular weight is 353 g/mol. The summed E-state index contributed by atoms with van der Waals surface area (Å²) in [5.41, 5.74) is 1.02. The van der Waals surface area contributed by atoms with Crippen LogP contribution in [0.15, 0.2) is 24.3 Å². The van der Waals surface area contributed by atoms with Gasteiger partial charge in [0.2, 0.25) is 0 Å². The summed E-state index contributed by atoms with van der Waals surface area (Å²) >= 11 is 1.68. The van der Waals surface area contributed by atoms with Crippen molar-refractivity contribution in [2.24, 2.45) is 0 Å². The van der Waals surface area contributed by atoms with Gasteiger partial charge in [0.15, 0.2) is 9.84 Å². The molecule has 2 amide bonds. The molecule has 23 heavy (non-hydrogen) atoms. The molecule has 1 aromatic heterocycles. The maximum atomic E-state index is 12.0. The molecule has 0 atom stereocenters. The Morgan fingerprint density at radius 2 is 2.00 bits per heavy atom. The van der Waals surface area contributed by atoms with E-state index in [0.29, 0.717) is 6.54 Å². The van der Waals surface area contributed by atoms with Crippen molar-refractivity contribution in [2.75, 3.05) is 31.1 Å². The molecule has 1 aliphatic heterocycles. The molecule has 2 aromatic rings. The topological polar surface area (TPSA) is 79.4 Å². The van der Waals surface area contributed by atoms with E-state index in [-0.39, 0.29) is 30.6 Å². The fraction of sp³-hybridized carbons (Fsp3) is 0.467. The number of nitrogens with one attached hydrogen (secondary N) is 1. The molecule has 0 aliphatic carbocycles. The van der Waals surface area contributed by atoms with E-state index in [2.05, 4.69) is 16.4 Å². The van der Waals surface area contributed by atoms with Crippen LogP contribution in [-0.2, 0) is 16.3 Å². The number of sulfone groups is 1. The second-order valence-electron chi connectivity index (χ2n) is 5.55. The summed E-state index contributed by atoms with van der Waals surface area (Å²) in [5, 5.41) is 3.93. The lowest BCUT2D eigenvalue weighted by atomic mass is 10.3. The van der Waals surface area contributed by atoms with Crippen molar-refractivity contribution in [1.29, 1.82) is 0 Å². The van der Waals surface area contributed by atoms with Gasteiger partial charge in [0.1, 0.15) is 0 Å². The van der Waals surface area contributed by atoms with Gasteiger partial charge in [-0.1, -0.05) is 12.1 Å². The number of urea groups is 1. The lowest BCUT2D eigenvalue weighted by Crippen LogP contribution is -2.48. The molecule has 0 radical (unpaired) electrons.